The van der Waals surface area contributed by atoms with Crippen molar-refractivity contribution in [3.63, 3.8) is 0 Å². The lowest BCUT2D eigenvalue weighted by atomic mass is 9.68. The summed E-state index contributed by atoms with van der Waals surface area (Å²) in [5.41, 5.74) is -2.43. The minimum atomic E-state index is -2.61. The highest BCUT2D eigenvalue weighted by molar-refractivity contribution is 7.53. The lowest BCUT2D eigenvalue weighted by Gasteiger charge is -2.44. The fourth-order valence-electron chi connectivity index (χ4n) is 5.83. The zero-order valence-electron chi connectivity index (χ0n) is 28.4. The summed E-state index contributed by atoms with van der Waals surface area (Å²) in [6.07, 6.45) is 31.4. The molecule has 9 nitrogen and oxygen atoms in total. The van der Waals surface area contributed by atoms with Gasteiger partial charge in [0.25, 0.3) is 0 Å². The van der Waals surface area contributed by atoms with E-state index in [0.717, 1.165) is 25.7 Å². The van der Waals surface area contributed by atoms with Gasteiger partial charge in [-0.25, -0.2) is 4.31 Å². The van der Waals surface area contributed by atoms with Crippen LogP contribution < -0.4 is 0 Å². The van der Waals surface area contributed by atoms with Crippen LogP contribution in [0.5, 0.6) is 0 Å². The number of aliphatic hydroxyl groups excluding tert-OH is 3. The molecule has 0 aromatic rings. The molecule has 268 valence electrons. The van der Waals surface area contributed by atoms with E-state index < -0.39 is 28.2 Å². The molecule has 0 fully saturated rings. The third kappa shape index (κ3) is 26.6. The van der Waals surface area contributed by atoms with Crippen LogP contribution >= 0.6 is 17.2 Å². The Morgan fingerprint density at radius 2 is 0.636 bits per heavy atom. The molecule has 0 atom stereocenters. The molecule has 0 saturated carbocycles. The highest BCUT2D eigenvalue weighted by Gasteiger charge is 2.48. The predicted molar refractivity (Wildman–Crippen MR) is 184 cm³/mol. The van der Waals surface area contributed by atoms with Crippen molar-refractivity contribution in [1.82, 2.24) is 0 Å². The van der Waals surface area contributed by atoms with Crippen LogP contribution in [0, 0.1) is 5.41 Å². The fourth-order valence-corrected chi connectivity index (χ4v) is 6.35. The second-order valence-electron chi connectivity index (χ2n) is 12.7. The maximum Gasteiger partial charge on any atom is 0.334 e. The van der Waals surface area contributed by atoms with Crippen LogP contribution in [-0.2, 0) is 4.31 Å². The Bertz CT molecular complexity index is 525. The van der Waals surface area contributed by atoms with Crippen LogP contribution in [-0.4, -0.2) is 65.4 Å². The summed E-state index contributed by atoms with van der Waals surface area (Å²) >= 11 is 0. The molecule has 0 bridgehead atoms. The van der Waals surface area contributed by atoms with Crippen molar-refractivity contribution in [2.75, 3.05) is 19.8 Å². The summed E-state index contributed by atoms with van der Waals surface area (Å²) in [5.74, 6) is 0. The highest BCUT2D eigenvalue weighted by atomic mass is 31.2. The molecule has 0 spiro atoms. The second kappa shape index (κ2) is 33.4. The van der Waals surface area contributed by atoms with E-state index in [2.05, 4.69) is 18.2 Å². The van der Waals surface area contributed by atoms with E-state index in [4.69, 9.17) is 19.6 Å². The molecule has 0 radical (unpaired) electrons. The molecule has 0 aliphatic carbocycles. The van der Waals surface area contributed by atoms with Crippen LogP contribution in [0.2, 0.25) is 0 Å². The Hall–Kier alpha value is 0.500. The maximum atomic E-state index is 11.6. The minimum absolute atomic E-state index is 0.382. The van der Waals surface area contributed by atoms with E-state index in [1.807, 2.05) is 0 Å². The summed E-state index contributed by atoms with van der Waals surface area (Å²) in [6, 6.07) is 0. The lowest BCUT2D eigenvalue weighted by Crippen LogP contribution is -2.55. The van der Waals surface area contributed by atoms with Gasteiger partial charge in [-0.05, 0) is 12.8 Å². The smallest absolute Gasteiger partial charge is 0.334 e. The third-order valence-corrected chi connectivity index (χ3v) is 10.1. The van der Waals surface area contributed by atoms with E-state index in [9.17, 15) is 20.4 Å². The highest BCUT2D eigenvalue weighted by Crippen LogP contribution is 2.42. The normalized spacial score (nSPS) is 12.3. The van der Waals surface area contributed by atoms with Gasteiger partial charge in [-0.1, -0.05) is 168 Å². The Balaban J connectivity index is 0. The van der Waals surface area contributed by atoms with Gasteiger partial charge in [0.05, 0.1) is 30.8 Å². The zero-order chi connectivity index (χ0) is 33.4. The predicted octanol–water partition coefficient (Wildman–Crippen LogP) is 8.29. The van der Waals surface area contributed by atoms with E-state index in [1.54, 1.807) is 0 Å². The van der Waals surface area contributed by atoms with Crippen LogP contribution in [0.15, 0.2) is 0 Å². The quantitative estimate of drug-likeness (QED) is 0.0258. The number of hydrogen-bond donors (Lipinski definition) is 8. The molecule has 44 heavy (non-hydrogen) atoms. The van der Waals surface area contributed by atoms with Gasteiger partial charge >= 0.3 is 17.2 Å². The van der Waals surface area contributed by atoms with Crippen LogP contribution in [0.25, 0.3) is 0 Å². The molecule has 0 aromatic carbocycles. The van der Waals surface area contributed by atoms with E-state index >= 15 is 0 Å². The van der Waals surface area contributed by atoms with E-state index in [1.165, 1.54) is 128 Å². The number of rotatable bonds is 32. The van der Waals surface area contributed by atoms with E-state index in [0.29, 0.717) is 12.8 Å². The summed E-state index contributed by atoms with van der Waals surface area (Å²) in [5, 5.41) is 41.6. The van der Waals surface area contributed by atoms with E-state index in [-0.39, 0.29) is 19.8 Å². The van der Waals surface area contributed by atoms with Crippen molar-refractivity contribution in [2.24, 2.45) is 5.41 Å². The zero-order valence-corrected chi connectivity index (χ0v) is 30.2. The molecule has 0 rings (SSSR count). The molecular formula is C33H72O9P2. The number of aliphatic hydroxyl groups is 4. The SMILES string of the molecule is CCCCCCCCCCCCCCC(O)(CCCCCCCCCCCCCC)C(CO)(CO)CO.OP(O)OP(O)O. The topological polar surface area (TPSA) is 171 Å². The van der Waals surface area contributed by atoms with Crippen molar-refractivity contribution in [2.45, 2.75) is 186 Å². The molecule has 8 N–H and O–H groups in total. The summed E-state index contributed by atoms with van der Waals surface area (Å²) in [6.45, 7) is 3.38. The number of hydrogen-bond acceptors (Lipinski definition) is 9. The molecule has 0 amide bonds. The molecule has 0 aliphatic rings. The van der Waals surface area contributed by atoms with Crippen molar-refractivity contribution < 1.29 is 44.3 Å². The first-order chi connectivity index (χ1) is 21.2. The molecule has 0 heterocycles. The van der Waals surface area contributed by atoms with Crippen LogP contribution in [0.4, 0.5) is 0 Å². The van der Waals surface area contributed by atoms with Gasteiger partial charge in [0, 0.05) is 0 Å². The second-order valence-corrected chi connectivity index (χ2v) is 14.3. The average molecular weight is 675 g/mol. The minimum Gasteiger partial charge on any atom is -0.395 e. The molecule has 0 aliphatic heterocycles. The summed E-state index contributed by atoms with van der Waals surface area (Å²) in [4.78, 5) is 31.3. The van der Waals surface area contributed by atoms with Gasteiger partial charge in [0.2, 0.25) is 0 Å². The van der Waals surface area contributed by atoms with Crippen molar-refractivity contribution >= 4 is 17.2 Å². The molecular weight excluding hydrogens is 602 g/mol. The maximum absolute atomic E-state index is 11.6. The molecule has 0 unspecified atom stereocenters. The standard InChI is InChI=1S/C33H68O4.H4O5P2/c1-3-5-7-9-11-13-15-17-19-21-23-25-27-33(37,32(29-34,30-35)31-36)28-26-24-22-20-18-16-14-12-10-8-6-4-2;1-6(2)5-7(3)4/h34-37H,3-31H2,1-2H3;1-4H. The Labute approximate surface area is 272 Å². The van der Waals surface area contributed by atoms with Crippen LogP contribution in [0.3, 0.4) is 0 Å². The van der Waals surface area contributed by atoms with Crippen LogP contribution in [0.1, 0.15) is 181 Å². The van der Waals surface area contributed by atoms with Gasteiger partial charge in [-0.15, -0.1) is 0 Å². The molecule has 0 aromatic heterocycles. The molecule has 11 heteroatoms. The van der Waals surface area contributed by atoms with Crippen molar-refractivity contribution in [3.05, 3.63) is 0 Å². The Kier molecular flexibility index (Phi) is 35.4. The Morgan fingerprint density at radius 3 is 0.818 bits per heavy atom. The monoisotopic (exact) mass is 674 g/mol. The first-order valence-electron chi connectivity index (χ1n) is 17.8. The van der Waals surface area contributed by atoms with Gasteiger partial charge < -0.3 is 40.0 Å². The summed E-state index contributed by atoms with van der Waals surface area (Å²) < 4.78 is 3.60. The largest absolute Gasteiger partial charge is 0.395 e. The third-order valence-electron chi connectivity index (χ3n) is 8.93. The summed E-state index contributed by atoms with van der Waals surface area (Å²) in [7, 11) is -5.22. The fraction of sp³-hybridized carbons (Fsp3) is 1.00. The molecule has 0 saturated heterocycles. The van der Waals surface area contributed by atoms with Gasteiger partial charge in [0.1, 0.15) is 0 Å². The van der Waals surface area contributed by atoms with Gasteiger partial charge in [-0.2, -0.15) is 0 Å². The van der Waals surface area contributed by atoms with Crippen molar-refractivity contribution in [1.29, 1.82) is 0 Å². The van der Waals surface area contributed by atoms with Gasteiger partial charge in [0.15, 0.2) is 0 Å². The lowest BCUT2D eigenvalue weighted by molar-refractivity contribution is -0.162. The first-order valence-corrected chi connectivity index (χ1v) is 20.1. The first kappa shape index (κ1) is 46.6. The van der Waals surface area contributed by atoms with Gasteiger partial charge in [-0.3, -0.25) is 0 Å². The number of unbranched alkanes of at least 4 members (excludes halogenated alkanes) is 22. The van der Waals surface area contributed by atoms with Crippen molar-refractivity contribution in [3.8, 4) is 0 Å². The Morgan fingerprint density at radius 1 is 0.409 bits per heavy atom. The average Bonchev–Trinajstić information content (AvgIpc) is 2.99.